The fraction of sp³-hybridized carbons (Fsp3) is 0.909. The van der Waals surface area contributed by atoms with Crippen LogP contribution in [-0.4, -0.2) is 59.1 Å². The highest BCUT2D eigenvalue weighted by molar-refractivity contribution is 5.69. The molecule has 2 aliphatic rings. The molecule has 4 nitrogen and oxygen atoms in total. The molecular weight excluding hydrogens is 192 g/mol. The van der Waals surface area contributed by atoms with Crippen LogP contribution in [0.5, 0.6) is 0 Å². The number of hydrogen-bond acceptors (Lipinski definition) is 3. The van der Waals surface area contributed by atoms with E-state index in [0.717, 1.165) is 13.1 Å². The molecule has 2 rings (SSSR count). The predicted octanol–water partition coefficient (Wildman–Crippen LogP) is 0.630. The van der Waals surface area contributed by atoms with Gasteiger partial charge < -0.3 is 5.11 Å². The molecule has 0 aliphatic carbocycles. The number of piperidine rings is 1. The summed E-state index contributed by atoms with van der Waals surface area (Å²) in [5.74, 6) is -0.703. The molecule has 2 atom stereocenters. The Balaban J connectivity index is 1.95. The number of hydrogen-bond donors (Lipinski definition) is 1. The minimum absolute atomic E-state index is 0.200. The lowest BCUT2D eigenvalue weighted by Crippen LogP contribution is -2.59. The molecule has 0 aromatic carbocycles. The van der Waals surface area contributed by atoms with Gasteiger partial charge in [0.2, 0.25) is 0 Å². The Bertz CT molecular complexity index is 245. The largest absolute Gasteiger partial charge is 0.480 e. The molecule has 0 saturated carbocycles. The molecule has 86 valence electrons. The molecule has 1 N–H and O–H groups in total. The monoisotopic (exact) mass is 212 g/mol. The zero-order chi connectivity index (χ0) is 10.8. The van der Waals surface area contributed by atoms with E-state index in [9.17, 15) is 4.79 Å². The van der Waals surface area contributed by atoms with Gasteiger partial charge in [-0.25, -0.2) is 0 Å². The van der Waals surface area contributed by atoms with E-state index < -0.39 is 5.97 Å². The third-order valence-corrected chi connectivity index (χ3v) is 3.65. The van der Waals surface area contributed by atoms with Crippen LogP contribution in [0.1, 0.15) is 26.2 Å². The van der Waals surface area contributed by atoms with Crippen molar-refractivity contribution >= 4 is 5.97 Å². The van der Waals surface area contributed by atoms with Crippen LogP contribution in [0.3, 0.4) is 0 Å². The number of rotatable bonds is 2. The summed E-state index contributed by atoms with van der Waals surface area (Å²) in [5, 5.41) is 8.82. The first-order chi connectivity index (χ1) is 7.16. The van der Waals surface area contributed by atoms with Gasteiger partial charge in [-0.15, -0.1) is 0 Å². The second-order valence-corrected chi connectivity index (χ2v) is 4.82. The highest BCUT2D eigenvalue weighted by Crippen LogP contribution is 2.23. The molecule has 2 unspecified atom stereocenters. The second kappa shape index (κ2) is 4.49. The molecule has 4 heteroatoms. The molecule has 2 fully saturated rings. The smallest absolute Gasteiger partial charge is 0.317 e. The maximum Gasteiger partial charge on any atom is 0.317 e. The summed E-state index contributed by atoms with van der Waals surface area (Å²) in [4.78, 5) is 15.4. The van der Waals surface area contributed by atoms with Crippen molar-refractivity contribution in [2.75, 3.05) is 26.2 Å². The van der Waals surface area contributed by atoms with E-state index in [4.69, 9.17) is 5.11 Å². The molecule has 2 aliphatic heterocycles. The standard InChI is InChI=1S/C11H20N2O2/c1-9-6-12-5-3-2-4-10(12)7-13(9)8-11(14)15/h9-10H,2-8H2,1H3,(H,14,15). The highest BCUT2D eigenvalue weighted by Gasteiger charge is 2.33. The van der Waals surface area contributed by atoms with E-state index >= 15 is 0 Å². The van der Waals surface area contributed by atoms with Crippen molar-refractivity contribution in [2.45, 2.75) is 38.3 Å². The van der Waals surface area contributed by atoms with Gasteiger partial charge in [0.25, 0.3) is 0 Å². The fourth-order valence-electron chi connectivity index (χ4n) is 2.81. The van der Waals surface area contributed by atoms with E-state index in [1.807, 2.05) is 0 Å². The van der Waals surface area contributed by atoms with Crippen LogP contribution in [-0.2, 0) is 4.79 Å². The molecule has 0 aromatic rings. The van der Waals surface area contributed by atoms with Crippen LogP contribution >= 0.6 is 0 Å². The van der Waals surface area contributed by atoms with Crippen molar-refractivity contribution in [1.29, 1.82) is 0 Å². The summed E-state index contributed by atoms with van der Waals surface area (Å²) in [6.45, 7) is 5.51. The lowest BCUT2D eigenvalue weighted by molar-refractivity contribution is -0.140. The van der Waals surface area contributed by atoms with Crippen molar-refractivity contribution in [3.05, 3.63) is 0 Å². The number of fused-ring (bicyclic) bond motifs is 1. The Morgan fingerprint density at radius 3 is 2.93 bits per heavy atom. The lowest BCUT2D eigenvalue weighted by Gasteiger charge is -2.47. The summed E-state index contributed by atoms with van der Waals surface area (Å²) in [7, 11) is 0. The van der Waals surface area contributed by atoms with Crippen LogP contribution in [0, 0.1) is 0 Å². The van der Waals surface area contributed by atoms with E-state index in [-0.39, 0.29) is 6.54 Å². The maximum atomic E-state index is 10.7. The molecule has 0 amide bonds. The molecule has 2 saturated heterocycles. The third kappa shape index (κ3) is 2.49. The van der Waals surface area contributed by atoms with Crippen molar-refractivity contribution in [2.24, 2.45) is 0 Å². The first-order valence-corrected chi connectivity index (χ1v) is 5.86. The number of carbonyl (C=O) groups is 1. The Morgan fingerprint density at radius 1 is 1.40 bits per heavy atom. The SMILES string of the molecule is CC1CN2CCCCC2CN1CC(=O)O. The first kappa shape index (κ1) is 10.9. The van der Waals surface area contributed by atoms with Gasteiger partial charge in [-0.05, 0) is 26.3 Å². The number of carboxylic acid groups (broad SMARTS) is 1. The van der Waals surface area contributed by atoms with E-state index in [0.29, 0.717) is 12.1 Å². The first-order valence-electron chi connectivity index (χ1n) is 5.86. The van der Waals surface area contributed by atoms with Gasteiger partial charge in [-0.1, -0.05) is 6.42 Å². The Labute approximate surface area is 90.9 Å². The molecular formula is C11H20N2O2. The molecule has 0 radical (unpaired) electrons. The van der Waals surface area contributed by atoms with Gasteiger partial charge in [0.15, 0.2) is 0 Å². The zero-order valence-corrected chi connectivity index (χ0v) is 9.35. The van der Waals surface area contributed by atoms with Crippen molar-refractivity contribution < 1.29 is 9.90 Å². The molecule has 0 spiro atoms. The number of nitrogens with zero attached hydrogens (tertiary/aromatic N) is 2. The van der Waals surface area contributed by atoms with Crippen LogP contribution in [0.25, 0.3) is 0 Å². The predicted molar refractivity (Wildman–Crippen MR) is 57.9 cm³/mol. The van der Waals surface area contributed by atoms with Crippen LogP contribution in [0.4, 0.5) is 0 Å². The van der Waals surface area contributed by atoms with Crippen molar-refractivity contribution in [1.82, 2.24) is 9.80 Å². The Morgan fingerprint density at radius 2 is 2.20 bits per heavy atom. The minimum atomic E-state index is -0.703. The molecule has 2 heterocycles. The van der Waals surface area contributed by atoms with Gasteiger partial charge in [0.05, 0.1) is 6.54 Å². The van der Waals surface area contributed by atoms with E-state index in [2.05, 4.69) is 16.7 Å². The molecule has 0 aromatic heterocycles. The van der Waals surface area contributed by atoms with Crippen LogP contribution in [0.2, 0.25) is 0 Å². The number of carboxylic acids is 1. The van der Waals surface area contributed by atoms with E-state index in [1.54, 1.807) is 0 Å². The second-order valence-electron chi connectivity index (χ2n) is 4.82. The van der Waals surface area contributed by atoms with Gasteiger partial charge in [-0.3, -0.25) is 14.6 Å². The maximum absolute atomic E-state index is 10.7. The highest BCUT2D eigenvalue weighted by atomic mass is 16.4. The van der Waals surface area contributed by atoms with Crippen molar-refractivity contribution in [3.63, 3.8) is 0 Å². The fourth-order valence-corrected chi connectivity index (χ4v) is 2.81. The minimum Gasteiger partial charge on any atom is -0.480 e. The third-order valence-electron chi connectivity index (χ3n) is 3.65. The summed E-state index contributed by atoms with van der Waals surface area (Å²) in [6, 6.07) is 0.991. The summed E-state index contributed by atoms with van der Waals surface area (Å²) >= 11 is 0. The van der Waals surface area contributed by atoms with E-state index in [1.165, 1.54) is 25.8 Å². The van der Waals surface area contributed by atoms with Crippen LogP contribution in [0.15, 0.2) is 0 Å². The molecule has 0 bridgehead atoms. The normalized spacial score (nSPS) is 33.7. The average Bonchev–Trinajstić information content (AvgIpc) is 2.18. The Hall–Kier alpha value is -0.610. The topological polar surface area (TPSA) is 43.8 Å². The lowest BCUT2D eigenvalue weighted by atomic mass is 9.97. The number of aliphatic carboxylic acids is 1. The summed E-state index contributed by atoms with van der Waals surface area (Å²) in [5.41, 5.74) is 0. The van der Waals surface area contributed by atoms with Gasteiger partial charge in [0, 0.05) is 25.2 Å². The van der Waals surface area contributed by atoms with Gasteiger partial charge in [-0.2, -0.15) is 0 Å². The molecule has 15 heavy (non-hydrogen) atoms. The van der Waals surface area contributed by atoms with Gasteiger partial charge >= 0.3 is 5.97 Å². The quantitative estimate of drug-likeness (QED) is 0.729. The van der Waals surface area contributed by atoms with Gasteiger partial charge in [0.1, 0.15) is 0 Å². The Kier molecular flexibility index (Phi) is 3.26. The summed E-state index contributed by atoms with van der Waals surface area (Å²) < 4.78 is 0. The van der Waals surface area contributed by atoms with Crippen LogP contribution < -0.4 is 0 Å². The van der Waals surface area contributed by atoms with Crippen molar-refractivity contribution in [3.8, 4) is 0 Å². The number of piperazine rings is 1. The average molecular weight is 212 g/mol. The summed E-state index contributed by atoms with van der Waals surface area (Å²) in [6.07, 6.45) is 3.85. The zero-order valence-electron chi connectivity index (χ0n) is 9.35.